The molecule has 0 saturated heterocycles. The fourth-order valence-electron chi connectivity index (χ4n) is 2.46. The molecule has 2 N–H and O–H groups in total. The minimum Gasteiger partial charge on any atom is -0.507 e. The van der Waals surface area contributed by atoms with Crippen LogP contribution < -0.4 is 0 Å². The first kappa shape index (κ1) is 16.1. The molecule has 0 amide bonds. The zero-order valence-electron chi connectivity index (χ0n) is 12.9. The van der Waals surface area contributed by atoms with Crippen molar-refractivity contribution >= 4 is 11.9 Å². The lowest BCUT2D eigenvalue weighted by Gasteiger charge is -2.08. The SMILES string of the molecule is O=[N+]([O-])c1cccc(-c2ccc(-c3cccc(/C=N/O)c3O)cn2)c1. The molecule has 25 heavy (non-hydrogen) atoms. The Morgan fingerprint density at radius 2 is 1.88 bits per heavy atom. The van der Waals surface area contributed by atoms with Crippen LogP contribution in [-0.2, 0) is 0 Å². The van der Waals surface area contributed by atoms with E-state index in [2.05, 4.69) is 10.1 Å². The number of nitro groups is 1. The number of nitro benzene ring substituents is 1. The van der Waals surface area contributed by atoms with Gasteiger partial charge in [0, 0.05) is 40.6 Å². The van der Waals surface area contributed by atoms with Gasteiger partial charge in [0.2, 0.25) is 0 Å². The minimum absolute atomic E-state index is 0.00277. The molecule has 7 nitrogen and oxygen atoms in total. The Hall–Kier alpha value is -3.74. The highest BCUT2D eigenvalue weighted by molar-refractivity contribution is 5.88. The number of phenolic OH excluding ortho intramolecular Hbond substituents is 1. The largest absolute Gasteiger partial charge is 0.507 e. The summed E-state index contributed by atoms with van der Waals surface area (Å²) in [4.78, 5) is 14.7. The van der Waals surface area contributed by atoms with E-state index in [1.807, 2.05) is 0 Å². The normalized spacial score (nSPS) is 10.9. The van der Waals surface area contributed by atoms with Crippen molar-refractivity contribution < 1.29 is 15.2 Å². The molecular weight excluding hydrogens is 322 g/mol. The van der Waals surface area contributed by atoms with Gasteiger partial charge in [-0.2, -0.15) is 0 Å². The van der Waals surface area contributed by atoms with Crippen molar-refractivity contribution in [3.8, 4) is 28.1 Å². The molecule has 0 spiro atoms. The molecule has 0 bridgehead atoms. The first-order chi connectivity index (χ1) is 12.1. The van der Waals surface area contributed by atoms with Crippen LogP contribution in [0, 0.1) is 10.1 Å². The van der Waals surface area contributed by atoms with Gasteiger partial charge in [-0.05, 0) is 12.1 Å². The first-order valence-electron chi connectivity index (χ1n) is 7.31. The van der Waals surface area contributed by atoms with Crippen molar-refractivity contribution in [2.75, 3.05) is 0 Å². The molecule has 3 rings (SSSR count). The smallest absolute Gasteiger partial charge is 0.270 e. The van der Waals surface area contributed by atoms with E-state index in [4.69, 9.17) is 5.21 Å². The lowest BCUT2D eigenvalue weighted by atomic mass is 10.0. The van der Waals surface area contributed by atoms with Crippen LogP contribution in [-0.4, -0.2) is 26.4 Å². The summed E-state index contributed by atoms with van der Waals surface area (Å²) >= 11 is 0. The van der Waals surface area contributed by atoms with Crippen molar-refractivity contribution in [2.45, 2.75) is 0 Å². The second-order valence-corrected chi connectivity index (χ2v) is 5.23. The summed E-state index contributed by atoms with van der Waals surface area (Å²) < 4.78 is 0. The Kier molecular flexibility index (Phi) is 4.38. The number of pyridine rings is 1. The molecule has 7 heteroatoms. The number of rotatable bonds is 4. The summed E-state index contributed by atoms with van der Waals surface area (Å²) in [5.41, 5.74) is 2.79. The number of nitrogens with zero attached hydrogens (tertiary/aromatic N) is 3. The lowest BCUT2D eigenvalue weighted by molar-refractivity contribution is -0.384. The van der Waals surface area contributed by atoms with Crippen LogP contribution in [0.15, 0.2) is 65.9 Å². The van der Waals surface area contributed by atoms with Crippen LogP contribution in [0.4, 0.5) is 5.69 Å². The maximum absolute atomic E-state index is 10.9. The second-order valence-electron chi connectivity index (χ2n) is 5.23. The maximum Gasteiger partial charge on any atom is 0.270 e. The van der Waals surface area contributed by atoms with Crippen molar-refractivity contribution in [2.24, 2.45) is 5.16 Å². The van der Waals surface area contributed by atoms with Gasteiger partial charge in [-0.3, -0.25) is 15.1 Å². The minimum atomic E-state index is -0.454. The fourth-order valence-corrected chi connectivity index (χ4v) is 2.46. The summed E-state index contributed by atoms with van der Waals surface area (Å²) in [6.07, 6.45) is 2.72. The van der Waals surface area contributed by atoms with Gasteiger partial charge in [0.05, 0.1) is 16.8 Å². The summed E-state index contributed by atoms with van der Waals surface area (Å²) in [6, 6.07) is 14.8. The highest BCUT2D eigenvalue weighted by atomic mass is 16.6. The number of para-hydroxylation sites is 1. The average molecular weight is 335 g/mol. The molecule has 0 atom stereocenters. The van der Waals surface area contributed by atoms with Gasteiger partial charge in [-0.1, -0.05) is 35.5 Å². The van der Waals surface area contributed by atoms with Gasteiger partial charge in [0.15, 0.2) is 0 Å². The number of aromatic hydroxyl groups is 1. The molecule has 1 heterocycles. The molecule has 0 unspecified atom stereocenters. The van der Waals surface area contributed by atoms with E-state index in [0.29, 0.717) is 27.9 Å². The molecule has 0 aliphatic heterocycles. The zero-order valence-corrected chi connectivity index (χ0v) is 12.9. The zero-order chi connectivity index (χ0) is 17.8. The van der Waals surface area contributed by atoms with E-state index in [1.54, 1.807) is 48.7 Å². The molecular formula is C18H13N3O4. The third-order valence-corrected chi connectivity index (χ3v) is 3.69. The van der Waals surface area contributed by atoms with E-state index in [0.717, 1.165) is 6.21 Å². The third kappa shape index (κ3) is 3.30. The van der Waals surface area contributed by atoms with E-state index >= 15 is 0 Å². The number of non-ortho nitro benzene ring substituents is 1. The fraction of sp³-hybridized carbons (Fsp3) is 0. The quantitative estimate of drug-likeness (QED) is 0.326. The highest BCUT2D eigenvalue weighted by Crippen LogP contribution is 2.32. The van der Waals surface area contributed by atoms with Crippen LogP contribution in [0.3, 0.4) is 0 Å². The predicted molar refractivity (Wildman–Crippen MR) is 92.8 cm³/mol. The van der Waals surface area contributed by atoms with Crippen LogP contribution in [0.2, 0.25) is 0 Å². The van der Waals surface area contributed by atoms with Crippen molar-refractivity contribution in [1.29, 1.82) is 0 Å². The number of phenols is 1. The van der Waals surface area contributed by atoms with Gasteiger partial charge in [-0.25, -0.2) is 0 Å². The summed E-state index contributed by atoms with van der Waals surface area (Å²) in [7, 11) is 0. The molecule has 0 fully saturated rings. The van der Waals surface area contributed by atoms with Crippen LogP contribution in [0.5, 0.6) is 5.75 Å². The van der Waals surface area contributed by atoms with E-state index < -0.39 is 4.92 Å². The van der Waals surface area contributed by atoms with Crippen LogP contribution in [0.1, 0.15) is 5.56 Å². The Morgan fingerprint density at radius 3 is 2.56 bits per heavy atom. The Morgan fingerprint density at radius 1 is 1.08 bits per heavy atom. The van der Waals surface area contributed by atoms with Crippen LogP contribution in [0.25, 0.3) is 22.4 Å². The summed E-state index contributed by atoms with van der Waals surface area (Å²) in [5, 5.41) is 32.7. The number of hydrogen-bond donors (Lipinski definition) is 2. The number of benzene rings is 2. The number of aromatic nitrogens is 1. The van der Waals surface area contributed by atoms with Crippen molar-refractivity contribution in [3.63, 3.8) is 0 Å². The standard InChI is InChI=1S/C18H13N3O4/c22-18-14(11-20-23)4-2-6-16(18)13-7-8-17(19-10-13)12-3-1-5-15(9-12)21(24)25/h1-11,22-23H/b20-11+. The van der Waals surface area contributed by atoms with Crippen molar-refractivity contribution in [3.05, 3.63) is 76.5 Å². The molecule has 0 aliphatic rings. The number of oxime groups is 1. The monoisotopic (exact) mass is 335 g/mol. The highest BCUT2D eigenvalue weighted by Gasteiger charge is 2.11. The maximum atomic E-state index is 10.9. The van der Waals surface area contributed by atoms with Gasteiger partial charge in [-0.15, -0.1) is 0 Å². The molecule has 0 aliphatic carbocycles. The van der Waals surface area contributed by atoms with Gasteiger partial charge in [0.25, 0.3) is 5.69 Å². The predicted octanol–water partition coefficient (Wildman–Crippen LogP) is 3.84. The van der Waals surface area contributed by atoms with E-state index in [-0.39, 0.29) is 11.4 Å². The van der Waals surface area contributed by atoms with Crippen molar-refractivity contribution in [1.82, 2.24) is 4.98 Å². The van der Waals surface area contributed by atoms with Gasteiger partial charge < -0.3 is 10.3 Å². The molecule has 3 aromatic rings. The molecule has 124 valence electrons. The van der Waals surface area contributed by atoms with E-state index in [9.17, 15) is 15.2 Å². The number of hydrogen-bond acceptors (Lipinski definition) is 6. The molecule has 0 radical (unpaired) electrons. The Labute approximate surface area is 142 Å². The topological polar surface area (TPSA) is 109 Å². The van der Waals surface area contributed by atoms with Gasteiger partial charge in [0.1, 0.15) is 5.75 Å². The van der Waals surface area contributed by atoms with Crippen LogP contribution >= 0.6 is 0 Å². The summed E-state index contributed by atoms with van der Waals surface area (Å²) in [5.74, 6) is -0.0230. The molecule has 0 saturated carbocycles. The Balaban J connectivity index is 1.97. The summed E-state index contributed by atoms with van der Waals surface area (Å²) in [6.45, 7) is 0. The lowest BCUT2D eigenvalue weighted by Crippen LogP contribution is -1.90. The second kappa shape index (κ2) is 6.79. The third-order valence-electron chi connectivity index (χ3n) is 3.69. The first-order valence-corrected chi connectivity index (χ1v) is 7.31. The van der Waals surface area contributed by atoms with Gasteiger partial charge >= 0.3 is 0 Å². The molecule has 2 aromatic carbocycles. The van der Waals surface area contributed by atoms with E-state index in [1.165, 1.54) is 12.1 Å². The molecule has 1 aromatic heterocycles. The average Bonchev–Trinajstić information content (AvgIpc) is 2.64. The Bertz CT molecular complexity index is 953.